The van der Waals surface area contributed by atoms with Crippen LogP contribution in [0.4, 0.5) is 0 Å². The van der Waals surface area contributed by atoms with Crippen LogP contribution in [0.3, 0.4) is 0 Å². The van der Waals surface area contributed by atoms with E-state index in [4.69, 9.17) is 17.2 Å². The maximum Gasteiger partial charge on any atom is 0.242 e. The number of rotatable bonds is 36. The number of aromatic hydroxyl groups is 2. The number of carbonyl (C=O) groups is 10. The minimum absolute atomic E-state index is 0.0180. The summed E-state index contributed by atoms with van der Waals surface area (Å²) in [5, 5.41) is 52.0. The molecular formula is C56H89N15O12S2. The Hall–Kier alpha value is -6.76. The van der Waals surface area contributed by atoms with Gasteiger partial charge in [-0.1, -0.05) is 37.1 Å². The molecule has 0 radical (unpaired) electrons. The first-order valence-corrected chi connectivity index (χ1v) is 30.3. The van der Waals surface area contributed by atoms with Crippen LogP contribution < -0.4 is 75.7 Å². The molecule has 2 aliphatic heterocycles. The van der Waals surface area contributed by atoms with Crippen LogP contribution in [0.15, 0.2) is 48.5 Å². The van der Waals surface area contributed by atoms with Crippen LogP contribution in [0.2, 0.25) is 0 Å². The normalized spacial score (nSPS) is 19.2. The van der Waals surface area contributed by atoms with Crippen LogP contribution in [-0.4, -0.2) is 187 Å². The maximum absolute atomic E-state index is 13.4. The molecule has 2 heterocycles. The highest BCUT2D eigenvalue weighted by atomic mass is 32.1. The Morgan fingerprint density at radius 2 is 0.871 bits per heavy atom. The number of carbonyl (C=O) groups excluding carboxylic acids is 10. The smallest absolute Gasteiger partial charge is 0.242 e. The lowest BCUT2D eigenvalue weighted by molar-refractivity contribution is -0.129. The quantitative estimate of drug-likeness (QED) is 0.0140. The van der Waals surface area contributed by atoms with E-state index < -0.39 is 70.9 Å². The van der Waals surface area contributed by atoms with Crippen molar-refractivity contribution in [2.75, 3.05) is 77.0 Å². The fourth-order valence-corrected chi connectivity index (χ4v) is 9.87. The Balaban J connectivity index is 1.17. The van der Waals surface area contributed by atoms with Crippen LogP contribution >= 0.6 is 25.3 Å². The third kappa shape index (κ3) is 27.9. The Morgan fingerprint density at radius 3 is 1.29 bits per heavy atom. The van der Waals surface area contributed by atoms with Crippen molar-refractivity contribution in [1.29, 1.82) is 0 Å². The monoisotopic (exact) mass is 1230 g/mol. The van der Waals surface area contributed by atoms with Crippen molar-refractivity contribution < 1.29 is 58.2 Å². The number of nitrogens with two attached hydrogens (primary N) is 3. The highest BCUT2D eigenvalue weighted by Gasteiger charge is 2.52. The minimum Gasteiger partial charge on any atom is -0.508 e. The molecule has 2 fully saturated rings. The number of nitrogens with one attached hydrogen (secondary N) is 11. The molecule has 0 aromatic heterocycles. The molecule has 0 aliphatic carbocycles. The summed E-state index contributed by atoms with van der Waals surface area (Å²) in [6, 6.07) is 8.97. The van der Waals surface area contributed by atoms with Gasteiger partial charge in [-0.05, 0) is 73.9 Å². The summed E-state index contributed by atoms with van der Waals surface area (Å²) in [6.45, 7) is 4.00. The average Bonchev–Trinajstić information content (AvgIpc) is 1.95. The van der Waals surface area contributed by atoms with Crippen LogP contribution in [0.25, 0.3) is 0 Å². The van der Waals surface area contributed by atoms with Crippen molar-refractivity contribution in [2.45, 2.75) is 138 Å². The molecule has 2 aromatic carbocycles. The second kappa shape index (κ2) is 37.6. The zero-order valence-corrected chi connectivity index (χ0v) is 50.1. The van der Waals surface area contributed by atoms with E-state index >= 15 is 0 Å². The van der Waals surface area contributed by atoms with Gasteiger partial charge in [0.15, 0.2) is 0 Å². The standard InChI is InChI=1S/C56H89N15O12S2/c57-51(80)43(31-84)67-45(74)9-3-1-5-23-63-53(82)41(29-37-15-19-39(72)20-16-37)65-47(76)11-7-13-49(78)69-55(59)33-60-25-26-61-35-56(36-71(56)28-27-62-34-55)70-50(79)14-8-12-48(77)66-42(30-38-17-21-40(73)22-18-38)54(83)64-24-6-2-4-10-46(75)68-44(32-85)52(58)81/h15-22,41-44,60-62,72-73,84-85H,1-14,23-36,59H2,(H2,57,80)(H2,58,81)(H,63,82)(H,64,83)(H,65,76)(H,66,77)(H,67,74)(H,68,75)(H,69,78)(H,70,79)/t41-,42-,43-,44-,55-,56-,71+/m0/s1. The van der Waals surface area contributed by atoms with Crippen molar-refractivity contribution >= 4 is 84.3 Å². The topological polar surface area (TPSA) is 425 Å². The average molecular weight is 1230 g/mol. The van der Waals surface area contributed by atoms with Crippen molar-refractivity contribution in [3.05, 3.63) is 59.7 Å². The summed E-state index contributed by atoms with van der Waals surface area (Å²) >= 11 is 8.05. The van der Waals surface area contributed by atoms with Gasteiger partial charge in [0.05, 0.1) is 0 Å². The summed E-state index contributed by atoms with van der Waals surface area (Å²) in [7, 11) is 0. The van der Waals surface area contributed by atoms with Crippen molar-refractivity contribution in [1.82, 2.24) is 63.4 Å². The molecule has 85 heavy (non-hydrogen) atoms. The number of benzene rings is 2. The van der Waals surface area contributed by atoms with Gasteiger partial charge in [0.2, 0.25) is 59.1 Å². The molecule has 0 spiro atoms. The van der Waals surface area contributed by atoms with Crippen molar-refractivity contribution in [3.63, 3.8) is 0 Å². The lowest BCUT2D eigenvalue weighted by Crippen LogP contribution is -2.66. The second-order valence-corrected chi connectivity index (χ2v) is 22.3. The number of hydrogen-bond acceptors (Lipinski definition) is 19. The first-order chi connectivity index (χ1) is 40.6. The summed E-state index contributed by atoms with van der Waals surface area (Å²) < 4.78 is 0. The molecule has 2 aliphatic rings. The number of thiol groups is 2. The summed E-state index contributed by atoms with van der Waals surface area (Å²) in [5.41, 5.74) is 16.8. The molecule has 29 heteroatoms. The molecule has 10 amide bonds. The van der Waals surface area contributed by atoms with Gasteiger partial charge in [0, 0.05) is 128 Å². The third-order valence-corrected chi connectivity index (χ3v) is 14.9. The van der Waals surface area contributed by atoms with Gasteiger partial charge in [0.1, 0.15) is 47.0 Å². The van der Waals surface area contributed by atoms with Crippen LogP contribution in [0.5, 0.6) is 11.5 Å². The summed E-state index contributed by atoms with van der Waals surface area (Å²) in [4.78, 5) is 129. The van der Waals surface area contributed by atoms with Crippen LogP contribution in [0, 0.1) is 0 Å². The molecule has 27 nitrogen and oxygen atoms in total. The van der Waals surface area contributed by atoms with Gasteiger partial charge >= 0.3 is 0 Å². The number of hydrogen-bond donors (Lipinski definition) is 18. The predicted molar refractivity (Wildman–Crippen MR) is 324 cm³/mol. The first kappa shape index (κ1) is 70.7. The van der Waals surface area contributed by atoms with Crippen LogP contribution in [-0.2, 0) is 60.8 Å². The maximum atomic E-state index is 13.4. The van der Waals surface area contributed by atoms with Gasteiger partial charge in [0.25, 0.3) is 0 Å². The van der Waals surface area contributed by atoms with Crippen LogP contribution in [0.1, 0.15) is 101 Å². The molecule has 0 unspecified atom stereocenters. The number of unbranched alkanes of at least 4 members (excludes halogenated alkanes) is 4. The molecule has 2 aromatic rings. The van der Waals surface area contributed by atoms with Gasteiger partial charge in [-0.25, -0.2) is 0 Å². The third-order valence-electron chi connectivity index (χ3n) is 14.2. The highest BCUT2D eigenvalue weighted by Crippen LogP contribution is 2.28. The Kier molecular flexibility index (Phi) is 31.3. The van der Waals surface area contributed by atoms with Gasteiger partial charge in [-0.2, -0.15) is 25.3 Å². The molecule has 19 N–H and O–H groups in total. The second-order valence-electron chi connectivity index (χ2n) is 21.5. The number of phenolic OH excluding ortho intramolecular Hbond substituents is 2. The Morgan fingerprint density at radius 1 is 0.494 bits per heavy atom. The van der Waals surface area contributed by atoms with E-state index in [-0.39, 0.29) is 130 Å². The molecule has 472 valence electrons. The molecular weight excluding hydrogens is 1140 g/mol. The number of nitrogens with zero attached hydrogens (tertiary/aromatic N) is 1. The zero-order chi connectivity index (χ0) is 62.2. The SMILES string of the molecule is NC(=O)[C@H](CS)NC(=O)CCCCCNC(=O)[C@H](Cc1ccc(O)cc1)NC(=O)CCCC(=O)N[C@@]1(N)CNCCNC[C@@]2(NC(=O)CCCC(=O)N[C@@H](Cc3ccc(O)cc3)C(=O)NCCCCCC(=O)N[C@@H](CS)C(N)=O)C[N@@]2CCNC1. The number of phenols is 2. The molecule has 4 rings (SSSR count). The minimum atomic E-state index is -1.20. The number of amides is 10. The Labute approximate surface area is 507 Å². The van der Waals surface area contributed by atoms with Gasteiger partial charge in [-0.3, -0.25) is 52.8 Å². The van der Waals surface area contributed by atoms with E-state index in [1.165, 1.54) is 24.3 Å². The Bertz CT molecular complexity index is 2520. The number of primary amides is 2. The van der Waals surface area contributed by atoms with E-state index in [2.05, 4.69) is 88.6 Å². The van der Waals surface area contributed by atoms with E-state index in [1.54, 1.807) is 24.3 Å². The summed E-state index contributed by atoms with van der Waals surface area (Å²) in [5.74, 6) is -4.01. The van der Waals surface area contributed by atoms with E-state index in [0.717, 1.165) is 0 Å². The number of fused-ring (bicyclic) bond motifs is 1. The van der Waals surface area contributed by atoms with Gasteiger partial charge in [-0.15, -0.1) is 0 Å². The van der Waals surface area contributed by atoms with Gasteiger partial charge < -0.3 is 85.9 Å². The highest BCUT2D eigenvalue weighted by molar-refractivity contribution is 7.80. The fraction of sp³-hybridized carbons (Fsp3) is 0.607. The lowest BCUT2D eigenvalue weighted by atomic mass is 10.0. The summed E-state index contributed by atoms with van der Waals surface area (Å²) in [6.07, 6.45) is 4.32. The van der Waals surface area contributed by atoms with Crippen molar-refractivity contribution in [2.24, 2.45) is 17.2 Å². The lowest BCUT2D eigenvalue weighted by Gasteiger charge is -2.31. The molecule has 0 saturated carbocycles. The van der Waals surface area contributed by atoms with Crippen molar-refractivity contribution in [3.8, 4) is 11.5 Å². The van der Waals surface area contributed by atoms with E-state index in [9.17, 15) is 58.2 Å². The largest absolute Gasteiger partial charge is 0.508 e. The zero-order valence-electron chi connectivity index (χ0n) is 48.3. The predicted octanol–water partition coefficient (Wildman–Crippen LogP) is -2.97. The molecule has 2 saturated heterocycles. The van der Waals surface area contributed by atoms with E-state index in [0.29, 0.717) is 95.5 Å². The molecule has 0 bridgehead atoms. The first-order valence-electron chi connectivity index (χ1n) is 29.0. The van der Waals surface area contributed by atoms with E-state index in [1.807, 2.05) is 0 Å². The molecule has 7 atom stereocenters. The fourth-order valence-electron chi connectivity index (χ4n) is 9.32.